The second-order valence-electron chi connectivity index (χ2n) is 4.46. The number of hydrogen-bond acceptors (Lipinski definition) is 3. The number of carbonyl (C=O) groups is 1. The number of nitrogens with zero attached hydrogens (tertiary/aromatic N) is 1. The van der Waals surface area contributed by atoms with Gasteiger partial charge in [-0.05, 0) is 37.1 Å². The SMILES string of the molecule is Cc1cc(NC(=O)c2cc(C)c(F)cc2F)ncc1N. The van der Waals surface area contributed by atoms with Crippen molar-refractivity contribution in [1.29, 1.82) is 0 Å². The Labute approximate surface area is 114 Å². The second kappa shape index (κ2) is 5.24. The summed E-state index contributed by atoms with van der Waals surface area (Å²) in [6, 6.07) is 3.41. The molecule has 0 aliphatic rings. The number of benzene rings is 1. The van der Waals surface area contributed by atoms with Gasteiger partial charge in [0.1, 0.15) is 17.5 Å². The van der Waals surface area contributed by atoms with Crippen LogP contribution < -0.4 is 11.1 Å². The van der Waals surface area contributed by atoms with E-state index in [2.05, 4.69) is 10.3 Å². The zero-order valence-corrected chi connectivity index (χ0v) is 11.0. The highest BCUT2D eigenvalue weighted by Gasteiger charge is 2.15. The summed E-state index contributed by atoms with van der Waals surface area (Å²) >= 11 is 0. The van der Waals surface area contributed by atoms with E-state index in [-0.39, 0.29) is 16.9 Å². The molecule has 3 N–H and O–H groups in total. The highest BCUT2D eigenvalue weighted by molar-refractivity contribution is 6.04. The molecule has 0 spiro atoms. The van der Waals surface area contributed by atoms with Crippen molar-refractivity contribution in [2.24, 2.45) is 0 Å². The molecule has 1 aromatic heterocycles. The van der Waals surface area contributed by atoms with Gasteiger partial charge < -0.3 is 11.1 Å². The molecule has 0 aliphatic heterocycles. The maximum Gasteiger partial charge on any atom is 0.259 e. The van der Waals surface area contributed by atoms with Crippen LogP contribution in [-0.4, -0.2) is 10.9 Å². The van der Waals surface area contributed by atoms with Crippen LogP contribution in [-0.2, 0) is 0 Å². The molecule has 0 fully saturated rings. The van der Waals surface area contributed by atoms with Crippen LogP contribution in [0.4, 0.5) is 20.3 Å². The van der Waals surface area contributed by atoms with Gasteiger partial charge >= 0.3 is 0 Å². The van der Waals surface area contributed by atoms with Crippen molar-refractivity contribution < 1.29 is 13.6 Å². The summed E-state index contributed by atoms with van der Waals surface area (Å²) in [5.41, 5.74) is 6.81. The third-order valence-corrected chi connectivity index (χ3v) is 2.89. The lowest BCUT2D eigenvalue weighted by molar-refractivity contribution is 0.102. The van der Waals surface area contributed by atoms with Gasteiger partial charge in [-0.2, -0.15) is 0 Å². The van der Waals surface area contributed by atoms with E-state index in [1.54, 1.807) is 13.0 Å². The lowest BCUT2D eigenvalue weighted by atomic mass is 10.1. The Morgan fingerprint density at radius 3 is 2.50 bits per heavy atom. The van der Waals surface area contributed by atoms with Crippen molar-refractivity contribution >= 4 is 17.4 Å². The zero-order valence-electron chi connectivity index (χ0n) is 11.0. The molecule has 2 aromatic rings. The van der Waals surface area contributed by atoms with Crippen LogP contribution >= 0.6 is 0 Å². The first-order chi connectivity index (χ1) is 9.38. The fourth-order valence-electron chi connectivity index (χ4n) is 1.65. The van der Waals surface area contributed by atoms with Crippen molar-refractivity contribution in [3.63, 3.8) is 0 Å². The number of aromatic nitrogens is 1. The zero-order chi connectivity index (χ0) is 14.9. The van der Waals surface area contributed by atoms with Crippen molar-refractivity contribution in [1.82, 2.24) is 4.98 Å². The maximum absolute atomic E-state index is 13.6. The molecule has 0 saturated heterocycles. The highest BCUT2D eigenvalue weighted by atomic mass is 19.1. The first kappa shape index (κ1) is 13.9. The van der Waals surface area contributed by atoms with Crippen molar-refractivity contribution in [2.45, 2.75) is 13.8 Å². The third kappa shape index (κ3) is 2.74. The van der Waals surface area contributed by atoms with Crippen LogP contribution in [0.3, 0.4) is 0 Å². The van der Waals surface area contributed by atoms with Crippen LogP contribution in [0.15, 0.2) is 24.4 Å². The van der Waals surface area contributed by atoms with Gasteiger partial charge in [0, 0.05) is 6.07 Å². The largest absolute Gasteiger partial charge is 0.397 e. The number of nitrogens with two attached hydrogens (primary N) is 1. The molecule has 6 heteroatoms. The number of halogens is 2. The van der Waals surface area contributed by atoms with Crippen LogP contribution in [0.5, 0.6) is 0 Å². The van der Waals surface area contributed by atoms with E-state index < -0.39 is 17.5 Å². The number of nitrogens with one attached hydrogen (secondary N) is 1. The summed E-state index contributed by atoms with van der Waals surface area (Å²) in [5, 5.41) is 2.45. The average molecular weight is 277 g/mol. The number of aryl methyl sites for hydroxylation is 2. The first-order valence-electron chi connectivity index (χ1n) is 5.87. The molecule has 1 amide bonds. The van der Waals surface area contributed by atoms with Gasteiger partial charge in [-0.15, -0.1) is 0 Å². The minimum absolute atomic E-state index is 0.193. The highest BCUT2D eigenvalue weighted by Crippen LogP contribution is 2.17. The normalized spacial score (nSPS) is 10.4. The Morgan fingerprint density at radius 1 is 1.15 bits per heavy atom. The number of carbonyl (C=O) groups excluding carboxylic acids is 1. The van der Waals surface area contributed by atoms with Gasteiger partial charge in [-0.25, -0.2) is 13.8 Å². The smallest absolute Gasteiger partial charge is 0.259 e. The van der Waals surface area contributed by atoms with Crippen molar-refractivity contribution in [3.05, 3.63) is 52.7 Å². The quantitative estimate of drug-likeness (QED) is 0.887. The van der Waals surface area contributed by atoms with Gasteiger partial charge in [0.05, 0.1) is 17.4 Å². The molecule has 4 nitrogen and oxygen atoms in total. The molecule has 0 atom stereocenters. The number of nitrogen functional groups attached to an aromatic ring is 1. The van der Waals surface area contributed by atoms with Crippen LogP contribution in [0.25, 0.3) is 0 Å². The van der Waals surface area contributed by atoms with E-state index in [0.717, 1.165) is 11.6 Å². The Balaban J connectivity index is 2.28. The van der Waals surface area contributed by atoms with Crippen LogP contribution in [0.2, 0.25) is 0 Å². The van der Waals surface area contributed by atoms with Gasteiger partial charge in [-0.1, -0.05) is 0 Å². The lowest BCUT2D eigenvalue weighted by Crippen LogP contribution is -2.15. The van der Waals surface area contributed by atoms with Crippen LogP contribution in [0.1, 0.15) is 21.5 Å². The third-order valence-electron chi connectivity index (χ3n) is 2.89. The molecule has 0 radical (unpaired) electrons. The van der Waals surface area contributed by atoms with E-state index in [4.69, 9.17) is 5.73 Å². The second-order valence-corrected chi connectivity index (χ2v) is 4.46. The maximum atomic E-state index is 13.6. The minimum atomic E-state index is -0.919. The molecule has 0 aliphatic carbocycles. The monoisotopic (exact) mass is 277 g/mol. The molecule has 104 valence electrons. The van der Waals surface area contributed by atoms with E-state index >= 15 is 0 Å². The van der Waals surface area contributed by atoms with Crippen molar-refractivity contribution in [2.75, 3.05) is 11.1 Å². The summed E-state index contributed by atoms with van der Waals surface area (Å²) in [4.78, 5) is 15.9. The van der Waals surface area contributed by atoms with E-state index in [1.807, 2.05) is 0 Å². The fraction of sp³-hybridized carbons (Fsp3) is 0.143. The number of anilines is 2. The molecular weight excluding hydrogens is 264 g/mol. The van der Waals surface area contributed by atoms with Gasteiger partial charge in [0.15, 0.2) is 0 Å². The standard InChI is InChI=1S/C14H13F2N3O/c1-7-3-9(11(16)5-10(7)15)14(20)19-13-4-8(2)12(17)6-18-13/h3-6H,17H2,1-2H3,(H,18,19,20). The Kier molecular flexibility index (Phi) is 3.65. The van der Waals surface area contributed by atoms with Crippen molar-refractivity contribution in [3.8, 4) is 0 Å². The first-order valence-corrected chi connectivity index (χ1v) is 5.87. The lowest BCUT2D eigenvalue weighted by Gasteiger charge is -2.08. The summed E-state index contributed by atoms with van der Waals surface area (Å²) in [6.07, 6.45) is 1.40. The van der Waals surface area contributed by atoms with E-state index in [1.165, 1.54) is 13.1 Å². The number of amides is 1. The number of pyridine rings is 1. The fourth-order valence-corrected chi connectivity index (χ4v) is 1.65. The topological polar surface area (TPSA) is 68.0 Å². The summed E-state index contributed by atoms with van der Waals surface area (Å²) in [5.74, 6) is -2.05. The van der Waals surface area contributed by atoms with E-state index in [9.17, 15) is 13.6 Å². The molecule has 2 rings (SSSR count). The Morgan fingerprint density at radius 2 is 1.85 bits per heavy atom. The molecule has 0 bridgehead atoms. The number of hydrogen-bond donors (Lipinski definition) is 2. The molecule has 0 saturated carbocycles. The average Bonchev–Trinajstić information content (AvgIpc) is 2.38. The predicted molar refractivity (Wildman–Crippen MR) is 72.4 cm³/mol. The molecule has 1 aromatic carbocycles. The Hall–Kier alpha value is -2.50. The molecule has 0 unspecified atom stereocenters. The summed E-state index contributed by atoms with van der Waals surface area (Å²) < 4.78 is 26.7. The molecule has 20 heavy (non-hydrogen) atoms. The van der Waals surface area contributed by atoms with Gasteiger partial charge in [-0.3, -0.25) is 4.79 Å². The van der Waals surface area contributed by atoms with Crippen LogP contribution in [0, 0.1) is 25.5 Å². The summed E-state index contributed by atoms with van der Waals surface area (Å²) in [7, 11) is 0. The number of rotatable bonds is 2. The van der Waals surface area contributed by atoms with E-state index in [0.29, 0.717) is 11.8 Å². The minimum Gasteiger partial charge on any atom is -0.397 e. The summed E-state index contributed by atoms with van der Waals surface area (Å²) in [6.45, 7) is 3.21. The Bertz CT molecular complexity index is 686. The predicted octanol–water partition coefficient (Wildman–Crippen LogP) is 2.81. The molecule has 1 heterocycles. The van der Waals surface area contributed by atoms with Gasteiger partial charge in [0.25, 0.3) is 5.91 Å². The van der Waals surface area contributed by atoms with Gasteiger partial charge in [0.2, 0.25) is 0 Å². The molecular formula is C14H13F2N3O.